The second kappa shape index (κ2) is 5.76. The average molecular weight is 262 g/mol. The Balaban J connectivity index is 2.12. The first kappa shape index (κ1) is 14.1. The van der Waals surface area contributed by atoms with Crippen LogP contribution in [-0.2, 0) is 0 Å². The number of aromatic nitrogens is 2. The maximum absolute atomic E-state index is 4.66. The Bertz CT molecular complexity index is 422. The van der Waals surface area contributed by atoms with E-state index in [0.717, 1.165) is 31.4 Å². The fourth-order valence-corrected chi connectivity index (χ4v) is 2.61. The van der Waals surface area contributed by atoms with E-state index in [2.05, 4.69) is 47.9 Å². The van der Waals surface area contributed by atoms with Crippen LogP contribution in [-0.4, -0.2) is 29.6 Å². The summed E-state index contributed by atoms with van der Waals surface area (Å²) in [5.74, 6) is 1.84. The largest absolute Gasteiger partial charge is 0.356 e. The number of hydrogen-bond acceptors (Lipinski definition) is 4. The lowest BCUT2D eigenvalue weighted by Crippen LogP contribution is -2.39. The van der Waals surface area contributed by atoms with Crippen molar-refractivity contribution in [1.29, 1.82) is 0 Å². The molecule has 1 fully saturated rings. The second-order valence-electron chi connectivity index (χ2n) is 5.88. The molecule has 0 saturated carbocycles. The molecule has 4 heteroatoms. The highest BCUT2D eigenvalue weighted by molar-refractivity contribution is 5.49. The quantitative estimate of drug-likeness (QED) is 0.904. The molecule has 0 radical (unpaired) electrons. The standard InChI is InChI=1S/C15H26N4/c1-5-15(4)7-9-19(10-8-15)13-12(3)11-17-14(18-13)16-6-2/h11H,5-10H2,1-4H3,(H,16,17,18). The van der Waals surface area contributed by atoms with Crippen molar-refractivity contribution in [3.8, 4) is 0 Å². The molecule has 1 aromatic rings. The van der Waals surface area contributed by atoms with Crippen molar-refractivity contribution >= 4 is 11.8 Å². The van der Waals surface area contributed by atoms with E-state index < -0.39 is 0 Å². The summed E-state index contributed by atoms with van der Waals surface area (Å²) in [5, 5.41) is 3.19. The number of piperidine rings is 1. The summed E-state index contributed by atoms with van der Waals surface area (Å²) in [6, 6.07) is 0. The van der Waals surface area contributed by atoms with Gasteiger partial charge in [-0.15, -0.1) is 0 Å². The number of nitrogens with zero attached hydrogens (tertiary/aromatic N) is 3. The molecule has 0 spiro atoms. The van der Waals surface area contributed by atoms with Crippen LogP contribution in [0.15, 0.2) is 6.20 Å². The molecule has 4 nitrogen and oxygen atoms in total. The molecule has 0 amide bonds. The molecule has 0 aromatic carbocycles. The van der Waals surface area contributed by atoms with Crippen molar-refractivity contribution in [2.24, 2.45) is 5.41 Å². The highest BCUT2D eigenvalue weighted by Crippen LogP contribution is 2.35. The van der Waals surface area contributed by atoms with Crippen molar-refractivity contribution in [2.75, 3.05) is 29.9 Å². The fraction of sp³-hybridized carbons (Fsp3) is 0.733. The summed E-state index contributed by atoms with van der Waals surface area (Å²) >= 11 is 0. The first-order valence-electron chi connectivity index (χ1n) is 7.40. The summed E-state index contributed by atoms with van der Waals surface area (Å²) < 4.78 is 0. The minimum atomic E-state index is 0.516. The highest BCUT2D eigenvalue weighted by Gasteiger charge is 2.29. The molecule has 2 rings (SSSR count). The highest BCUT2D eigenvalue weighted by atomic mass is 15.2. The van der Waals surface area contributed by atoms with E-state index in [1.165, 1.54) is 24.8 Å². The van der Waals surface area contributed by atoms with Gasteiger partial charge in [0.05, 0.1) is 0 Å². The topological polar surface area (TPSA) is 41.1 Å². The van der Waals surface area contributed by atoms with Gasteiger partial charge in [0.2, 0.25) is 5.95 Å². The molecule has 1 N–H and O–H groups in total. The van der Waals surface area contributed by atoms with Crippen LogP contribution < -0.4 is 10.2 Å². The smallest absolute Gasteiger partial charge is 0.224 e. The lowest BCUT2D eigenvalue weighted by atomic mass is 9.78. The third-order valence-corrected chi connectivity index (χ3v) is 4.40. The van der Waals surface area contributed by atoms with Gasteiger partial charge in [0.1, 0.15) is 5.82 Å². The van der Waals surface area contributed by atoms with Crippen molar-refractivity contribution < 1.29 is 0 Å². The van der Waals surface area contributed by atoms with Gasteiger partial charge in [0, 0.05) is 31.4 Å². The Morgan fingerprint density at radius 3 is 2.58 bits per heavy atom. The Kier molecular flexibility index (Phi) is 4.27. The minimum Gasteiger partial charge on any atom is -0.356 e. The minimum absolute atomic E-state index is 0.516. The Morgan fingerprint density at radius 1 is 1.32 bits per heavy atom. The summed E-state index contributed by atoms with van der Waals surface area (Å²) in [6.07, 6.45) is 5.70. The molecule has 1 saturated heterocycles. The van der Waals surface area contributed by atoms with Crippen molar-refractivity contribution in [3.63, 3.8) is 0 Å². The Hall–Kier alpha value is -1.32. The molecule has 19 heavy (non-hydrogen) atoms. The Morgan fingerprint density at radius 2 is 2.00 bits per heavy atom. The summed E-state index contributed by atoms with van der Waals surface area (Å²) in [4.78, 5) is 11.4. The average Bonchev–Trinajstić information content (AvgIpc) is 2.42. The van der Waals surface area contributed by atoms with Gasteiger partial charge < -0.3 is 10.2 Å². The van der Waals surface area contributed by atoms with Crippen LogP contribution >= 0.6 is 0 Å². The first-order chi connectivity index (χ1) is 9.08. The number of nitrogens with one attached hydrogen (secondary N) is 1. The first-order valence-corrected chi connectivity index (χ1v) is 7.40. The predicted molar refractivity (Wildman–Crippen MR) is 80.8 cm³/mol. The maximum atomic E-state index is 4.66. The van der Waals surface area contributed by atoms with Gasteiger partial charge >= 0.3 is 0 Å². The lowest BCUT2D eigenvalue weighted by Gasteiger charge is -2.39. The van der Waals surface area contributed by atoms with Crippen LogP contribution in [0.1, 0.15) is 45.6 Å². The molecular formula is C15H26N4. The van der Waals surface area contributed by atoms with E-state index in [-0.39, 0.29) is 0 Å². The zero-order valence-corrected chi connectivity index (χ0v) is 12.7. The van der Waals surface area contributed by atoms with Crippen molar-refractivity contribution in [1.82, 2.24) is 9.97 Å². The van der Waals surface area contributed by atoms with Crippen molar-refractivity contribution in [3.05, 3.63) is 11.8 Å². The van der Waals surface area contributed by atoms with E-state index in [0.29, 0.717) is 5.41 Å². The molecule has 0 aliphatic carbocycles. The molecular weight excluding hydrogens is 236 g/mol. The monoisotopic (exact) mass is 262 g/mol. The van der Waals surface area contributed by atoms with Crippen LogP contribution in [0.3, 0.4) is 0 Å². The van der Waals surface area contributed by atoms with Crippen LogP contribution in [0.25, 0.3) is 0 Å². The summed E-state index contributed by atoms with van der Waals surface area (Å²) in [5.41, 5.74) is 1.68. The summed E-state index contributed by atoms with van der Waals surface area (Å²) in [7, 11) is 0. The second-order valence-corrected chi connectivity index (χ2v) is 5.88. The van der Waals surface area contributed by atoms with Gasteiger partial charge in [-0.2, -0.15) is 4.98 Å². The SMILES string of the molecule is CCNc1ncc(C)c(N2CCC(C)(CC)CC2)n1. The zero-order chi connectivity index (χ0) is 13.9. The van der Waals surface area contributed by atoms with Crippen molar-refractivity contribution in [2.45, 2.75) is 47.0 Å². The molecule has 1 aliphatic heterocycles. The number of hydrogen-bond donors (Lipinski definition) is 1. The lowest BCUT2D eigenvalue weighted by molar-refractivity contribution is 0.237. The van der Waals surface area contributed by atoms with E-state index in [1.807, 2.05) is 6.20 Å². The van der Waals surface area contributed by atoms with Gasteiger partial charge in [0.25, 0.3) is 0 Å². The molecule has 0 bridgehead atoms. The predicted octanol–water partition coefficient (Wildman–Crippen LogP) is 3.23. The van der Waals surface area contributed by atoms with E-state index >= 15 is 0 Å². The number of rotatable bonds is 4. The third-order valence-electron chi connectivity index (χ3n) is 4.40. The van der Waals surface area contributed by atoms with E-state index in [9.17, 15) is 0 Å². The summed E-state index contributed by atoms with van der Waals surface area (Å²) in [6.45, 7) is 11.9. The van der Waals surface area contributed by atoms with Gasteiger partial charge in [0.15, 0.2) is 0 Å². The molecule has 1 aromatic heterocycles. The Labute approximate surface area is 116 Å². The van der Waals surface area contributed by atoms with Crippen LogP contribution in [0, 0.1) is 12.3 Å². The third kappa shape index (κ3) is 3.17. The van der Waals surface area contributed by atoms with Gasteiger partial charge in [-0.1, -0.05) is 20.3 Å². The van der Waals surface area contributed by atoms with Gasteiger partial charge in [-0.25, -0.2) is 4.98 Å². The normalized spacial score (nSPS) is 18.4. The van der Waals surface area contributed by atoms with E-state index in [1.54, 1.807) is 0 Å². The van der Waals surface area contributed by atoms with Gasteiger partial charge in [-0.05, 0) is 32.1 Å². The number of aryl methyl sites for hydroxylation is 1. The molecule has 106 valence electrons. The van der Waals surface area contributed by atoms with Gasteiger partial charge in [-0.3, -0.25) is 0 Å². The van der Waals surface area contributed by atoms with Crippen LogP contribution in [0.4, 0.5) is 11.8 Å². The fourth-order valence-electron chi connectivity index (χ4n) is 2.61. The van der Waals surface area contributed by atoms with E-state index in [4.69, 9.17) is 0 Å². The van der Waals surface area contributed by atoms with Crippen LogP contribution in [0.5, 0.6) is 0 Å². The molecule has 0 atom stereocenters. The maximum Gasteiger partial charge on any atom is 0.224 e. The van der Waals surface area contributed by atoms with Crippen LogP contribution in [0.2, 0.25) is 0 Å². The molecule has 1 aliphatic rings. The number of anilines is 2. The zero-order valence-electron chi connectivity index (χ0n) is 12.7. The molecule has 0 unspecified atom stereocenters. The molecule has 2 heterocycles.